The fraction of sp³-hybridized carbons (Fsp3) is 0.333. The minimum Gasteiger partial charge on any atom is -0.370 e. The van der Waals surface area contributed by atoms with E-state index in [4.69, 9.17) is 0 Å². The van der Waals surface area contributed by atoms with Crippen LogP contribution in [0.15, 0.2) is 18.3 Å². The molecule has 1 aliphatic rings. The molecule has 2 aromatic rings. The lowest BCUT2D eigenvalue weighted by Crippen LogP contribution is -2.36. The fourth-order valence-corrected chi connectivity index (χ4v) is 2.17. The molecule has 0 spiro atoms. The first-order valence-electron chi connectivity index (χ1n) is 5.28. The number of nitrogens with zero attached hydrogens (tertiary/aromatic N) is 1. The Labute approximate surface area is 87.7 Å². The molecule has 0 atom stereocenters. The molecule has 1 aromatic heterocycles. The number of halogens is 1. The fourth-order valence-electron chi connectivity index (χ4n) is 2.17. The van der Waals surface area contributed by atoms with Crippen molar-refractivity contribution < 1.29 is 4.39 Å². The maximum atomic E-state index is 13.3. The second-order valence-corrected chi connectivity index (χ2v) is 4.16. The molecular weight excluding hydrogens is 191 g/mol. The molecule has 1 aromatic carbocycles. The van der Waals surface area contributed by atoms with Crippen LogP contribution in [0.3, 0.4) is 0 Å². The molecule has 1 N–H and O–H groups in total. The van der Waals surface area contributed by atoms with Crippen molar-refractivity contribution in [2.24, 2.45) is 0 Å². The molecule has 1 aliphatic heterocycles. The highest BCUT2D eigenvalue weighted by molar-refractivity contribution is 5.95. The summed E-state index contributed by atoms with van der Waals surface area (Å²) in [4.78, 5) is 5.50. The van der Waals surface area contributed by atoms with E-state index >= 15 is 0 Å². The standard InChI is InChI=1S/C12H13FN2/c1-8-5-9(13)6-10-11(7-14-12(8)10)15-3-2-4-15/h5-7,14H,2-4H2,1H3. The Morgan fingerprint density at radius 2 is 2.13 bits per heavy atom. The first-order chi connectivity index (χ1) is 7.25. The van der Waals surface area contributed by atoms with Crippen LogP contribution in [-0.2, 0) is 0 Å². The van der Waals surface area contributed by atoms with Gasteiger partial charge < -0.3 is 9.88 Å². The van der Waals surface area contributed by atoms with Gasteiger partial charge in [-0.1, -0.05) is 0 Å². The van der Waals surface area contributed by atoms with Crippen molar-refractivity contribution in [3.63, 3.8) is 0 Å². The lowest BCUT2D eigenvalue weighted by atomic mass is 10.1. The van der Waals surface area contributed by atoms with E-state index in [9.17, 15) is 4.39 Å². The van der Waals surface area contributed by atoms with Gasteiger partial charge in [-0.3, -0.25) is 0 Å². The Balaban J connectivity index is 2.23. The van der Waals surface area contributed by atoms with Gasteiger partial charge in [0.15, 0.2) is 0 Å². The third kappa shape index (κ3) is 1.23. The normalized spacial score (nSPS) is 15.7. The van der Waals surface area contributed by atoms with Gasteiger partial charge in [0.1, 0.15) is 5.82 Å². The van der Waals surface area contributed by atoms with Crippen molar-refractivity contribution in [2.45, 2.75) is 13.3 Å². The van der Waals surface area contributed by atoms with Crippen LogP contribution in [-0.4, -0.2) is 18.1 Å². The maximum absolute atomic E-state index is 13.3. The second-order valence-electron chi connectivity index (χ2n) is 4.16. The van der Waals surface area contributed by atoms with E-state index in [0.29, 0.717) is 0 Å². The molecule has 0 amide bonds. The van der Waals surface area contributed by atoms with E-state index in [-0.39, 0.29) is 5.82 Å². The third-order valence-electron chi connectivity index (χ3n) is 3.13. The summed E-state index contributed by atoms with van der Waals surface area (Å²) >= 11 is 0. The Bertz CT molecular complexity index is 512. The zero-order valence-electron chi connectivity index (χ0n) is 8.68. The molecule has 3 rings (SSSR count). The summed E-state index contributed by atoms with van der Waals surface area (Å²) < 4.78 is 13.3. The molecule has 0 bridgehead atoms. The minimum atomic E-state index is -0.152. The Morgan fingerprint density at radius 1 is 1.33 bits per heavy atom. The molecule has 3 heteroatoms. The monoisotopic (exact) mass is 204 g/mol. The highest BCUT2D eigenvalue weighted by atomic mass is 19.1. The molecule has 2 heterocycles. The van der Waals surface area contributed by atoms with Crippen LogP contribution in [0.1, 0.15) is 12.0 Å². The van der Waals surface area contributed by atoms with Crippen LogP contribution in [0.2, 0.25) is 0 Å². The molecule has 0 radical (unpaired) electrons. The van der Waals surface area contributed by atoms with E-state index in [1.807, 2.05) is 13.1 Å². The minimum absolute atomic E-state index is 0.152. The third-order valence-corrected chi connectivity index (χ3v) is 3.13. The summed E-state index contributed by atoms with van der Waals surface area (Å²) in [6.07, 6.45) is 3.22. The molecule has 2 nitrogen and oxygen atoms in total. The average Bonchev–Trinajstić information content (AvgIpc) is 2.46. The van der Waals surface area contributed by atoms with Crippen molar-refractivity contribution in [2.75, 3.05) is 18.0 Å². The number of aromatic amines is 1. The van der Waals surface area contributed by atoms with Crippen LogP contribution in [0.5, 0.6) is 0 Å². The summed E-state index contributed by atoms with van der Waals surface area (Å²) in [5.41, 5.74) is 3.16. The predicted molar refractivity (Wildman–Crippen MR) is 59.8 cm³/mol. The summed E-state index contributed by atoms with van der Waals surface area (Å²) in [6, 6.07) is 3.19. The van der Waals surface area contributed by atoms with Gasteiger partial charge in [-0.15, -0.1) is 0 Å². The van der Waals surface area contributed by atoms with Crippen molar-refractivity contribution in [3.8, 4) is 0 Å². The molecule has 78 valence electrons. The molecule has 0 aliphatic carbocycles. The summed E-state index contributed by atoms with van der Waals surface area (Å²) in [6.45, 7) is 4.10. The van der Waals surface area contributed by atoms with Gasteiger partial charge >= 0.3 is 0 Å². The van der Waals surface area contributed by atoms with Gasteiger partial charge in [-0.25, -0.2) is 4.39 Å². The molecule has 1 saturated heterocycles. The van der Waals surface area contributed by atoms with E-state index in [2.05, 4.69) is 9.88 Å². The van der Waals surface area contributed by atoms with Gasteiger partial charge in [0.25, 0.3) is 0 Å². The number of aryl methyl sites for hydroxylation is 1. The van der Waals surface area contributed by atoms with Gasteiger partial charge in [0.05, 0.1) is 11.2 Å². The van der Waals surface area contributed by atoms with Gasteiger partial charge in [-0.2, -0.15) is 0 Å². The van der Waals surface area contributed by atoms with Crippen molar-refractivity contribution >= 4 is 16.6 Å². The molecule has 1 fully saturated rings. The van der Waals surface area contributed by atoms with E-state index in [1.165, 1.54) is 6.42 Å². The number of benzene rings is 1. The van der Waals surface area contributed by atoms with Crippen LogP contribution in [0.4, 0.5) is 10.1 Å². The summed E-state index contributed by atoms with van der Waals surface area (Å²) in [5, 5.41) is 1.01. The quantitative estimate of drug-likeness (QED) is 0.756. The number of aromatic nitrogens is 1. The first-order valence-corrected chi connectivity index (χ1v) is 5.28. The van der Waals surface area contributed by atoms with Gasteiger partial charge in [-0.05, 0) is 31.0 Å². The van der Waals surface area contributed by atoms with Crippen LogP contribution >= 0.6 is 0 Å². The van der Waals surface area contributed by atoms with Crippen molar-refractivity contribution in [1.29, 1.82) is 0 Å². The van der Waals surface area contributed by atoms with Crippen molar-refractivity contribution in [1.82, 2.24) is 4.98 Å². The summed E-state index contributed by atoms with van der Waals surface area (Å²) in [7, 11) is 0. The predicted octanol–water partition coefficient (Wildman–Crippen LogP) is 2.83. The molecule has 0 saturated carbocycles. The van der Waals surface area contributed by atoms with Crippen LogP contribution in [0, 0.1) is 12.7 Å². The van der Waals surface area contributed by atoms with Gasteiger partial charge in [0, 0.05) is 24.7 Å². The Kier molecular flexibility index (Phi) is 1.75. The second kappa shape index (κ2) is 2.99. The SMILES string of the molecule is Cc1cc(F)cc2c(N3CCC3)c[nH]c12. The number of hydrogen-bond acceptors (Lipinski definition) is 1. The molecule has 0 unspecified atom stereocenters. The van der Waals surface area contributed by atoms with E-state index in [1.54, 1.807) is 12.1 Å². The molecule has 15 heavy (non-hydrogen) atoms. The lowest BCUT2D eigenvalue weighted by molar-refractivity contribution is 0.618. The smallest absolute Gasteiger partial charge is 0.124 e. The number of nitrogens with one attached hydrogen (secondary N) is 1. The zero-order valence-corrected chi connectivity index (χ0v) is 8.68. The van der Waals surface area contributed by atoms with Crippen LogP contribution < -0.4 is 4.90 Å². The molecular formula is C12H13FN2. The number of fused-ring (bicyclic) bond motifs is 1. The van der Waals surface area contributed by atoms with Gasteiger partial charge in [0.2, 0.25) is 0 Å². The zero-order chi connectivity index (χ0) is 10.4. The Hall–Kier alpha value is -1.51. The highest BCUT2D eigenvalue weighted by Gasteiger charge is 2.18. The number of H-pyrrole nitrogens is 1. The number of hydrogen-bond donors (Lipinski definition) is 1. The topological polar surface area (TPSA) is 19.0 Å². The average molecular weight is 204 g/mol. The maximum Gasteiger partial charge on any atom is 0.124 e. The largest absolute Gasteiger partial charge is 0.370 e. The first kappa shape index (κ1) is 8.77. The van der Waals surface area contributed by atoms with Crippen LogP contribution in [0.25, 0.3) is 10.9 Å². The Morgan fingerprint density at radius 3 is 2.80 bits per heavy atom. The number of anilines is 1. The lowest BCUT2D eigenvalue weighted by Gasteiger charge is -2.32. The van der Waals surface area contributed by atoms with E-state index in [0.717, 1.165) is 35.2 Å². The highest BCUT2D eigenvalue weighted by Crippen LogP contribution is 2.31. The summed E-state index contributed by atoms with van der Waals surface area (Å²) in [5.74, 6) is -0.152. The number of rotatable bonds is 1. The van der Waals surface area contributed by atoms with E-state index < -0.39 is 0 Å². The van der Waals surface area contributed by atoms with Crippen molar-refractivity contribution in [3.05, 3.63) is 29.7 Å².